The van der Waals surface area contributed by atoms with Crippen molar-refractivity contribution in [3.8, 4) is 46.0 Å². The van der Waals surface area contributed by atoms with Gasteiger partial charge in [0, 0.05) is 17.7 Å². The number of fused-ring (bicyclic) bond motifs is 1. The molecule has 7 N–H and O–H groups in total. The molecule has 182 valence electrons. The molecule has 0 spiro atoms. The number of hydrogen-bond donors (Lipinski definition) is 7. The van der Waals surface area contributed by atoms with Crippen LogP contribution in [0.5, 0.6) is 46.0 Å². The predicted octanol–water partition coefficient (Wildman–Crippen LogP) is 5.06. The molecule has 0 fully saturated rings. The third-order valence-electron chi connectivity index (χ3n) is 6.09. The number of hydrogen-bond acceptors (Lipinski definition) is 8. The van der Waals surface area contributed by atoms with Gasteiger partial charge in [0.25, 0.3) is 0 Å². The number of aromatic hydroxyl groups is 7. The van der Waals surface area contributed by atoms with Crippen LogP contribution in [0.3, 0.4) is 0 Å². The van der Waals surface area contributed by atoms with E-state index in [2.05, 4.69) is 0 Å². The summed E-state index contributed by atoms with van der Waals surface area (Å²) in [6, 6.07) is 15.8. The van der Waals surface area contributed by atoms with E-state index in [4.69, 9.17) is 4.74 Å². The van der Waals surface area contributed by atoms with Crippen molar-refractivity contribution in [1.82, 2.24) is 0 Å². The highest BCUT2D eigenvalue weighted by Gasteiger charge is 2.39. The zero-order valence-electron chi connectivity index (χ0n) is 18.7. The van der Waals surface area contributed by atoms with Gasteiger partial charge in [-0.1, -0.05) is 24.3 Å². The summed E-state index contributed by atoms with van der Waals surface area (Å²) < 4.78 is 6.22. The summed E-state index contributed by atoms with van der Waals surface area (Å²) in [6.45, 7) is 0. The van der Waals surface area contributed by atoms with Gasteiger partial charge in [-0.25, -0.2) is 0 Å². The van der Waals surface area contributed by atoms with E-state index in [0.717, 1.165) is 0 Å². The highest BCUT2D eigenvalue weighted by atomic mass is 16.5. The maximum atomic E-state index is 10.4. The fourth-order valence-corrected chi connectivity index (χ4v) is 4.50. The molecule has 36 heavy (non-hydrogen) atoms. The summed E-state index contributed by atoms with van der Waals surface area (Å²) in [5.74, 6) is -1.75. The van der Waals surface area contributed by atoms with Crippen molar-refractivity contribution >= 4 is 12.2 Å². The Morgan fingerprint density at radius 3 is 1.86 bits per heavy atom. The Morgan fingerprint density at radius 1 is 0.556 bits per heavy atom. The molecular formula is C28H22O8. The summed E-state index contributed by atoms with van der Waals surface area (Å²) >= 11 is 0. The molecule has 2 atom stereocenters. The molecule has 0 unspecified atom stereocenters. The van der Waals surface area contributed by atoms with Gasteiger partial charge in [0.1, 0.15) is 29.1 Å². The molecule has 4 aromatic carbocycles. The zero-order chi connectivity index (χ0) is 25.6. The van der Waals surface area contributed by atoms with E-state index in [9.17, 15) is 35.7 Å². The van der Waals surface area contributed by atoms with Crippen LogP contribution in [0.25, 0.3) is 12.2 Å². The van der Waals surface area contributed by atoms with Crippen LogP contribution < -0.4 is 4.74 Å². The number of rotatable bonds is 4. The van der Waals surface area contributed by atoms with Crippen LogP contribution in [-0.2, 0) is 0 Å². The standard InChI is InChI=1S/C28H22O8/c29-18-9-17(10-19(30)12-18)27-26-15(3-1-14-2-5-21(32)23(34)7-14)8-20(31)13-25(26)36-28(27)16-4-6-22(33)24(35)11-16/h1-13,27-35H/b3-1+/t27-,28+/m0/s1. The van der Waals surface area contributed by atoms with Gasteiger partial charge in [-0.2, -0.15) is 0 Å². The molecule has 1 aliphatic heterocycles. The molecule has 0 radical (unpaired) electrons. The first-order valence-electron chi connectivity index (χ1n) is 11.0. The van der Waals surface area contributed by atoms with E-state index in [1.165, 1.54) is 54.6 Å². The first-order valence-corrected chi connectivity index (χ1v) is 11.0. The van der Waals surface area contributed by atoms with Crippen molar-refractivity contribution in [2.45, 2.75) is 12.0 Å². The van der Waals surface area contributed by atoms with Crippen molar-refractivity contribution in [3.05, 3.63) is 94.5 Å². The quantitative estimate of drug-likeness (QED) is 0.156. The SMILES string of the molecule is Oc1cc(O)cc([C@H]2c3c(/C=C/c4ccc(O)c(O)c4)cc(O)cc3O[C@@H]2c2ccc(O)c(O)c2)c1. The van der Waals surface area contributed by atoms with Crippen molar-refractivity contribution in [1.29, 1.82) is 0 Å². The van der Waals surface area contributed by atoms with Gasteiger partial charge in [0.2, 0.25) is 0 Å². The van der Waals surface area contributed by atoms with Crippen molar-refractivity contribution in [2.75, 3.05) is 0 Å². The normalized spacial score (nSPS) is 16.7. The Kier molecular flexibility index (Phi) is 5.49. The predicted molar refractivity (Wildman–Crippen MR) is 132 cm³/mol. The summed E-state index contributed by atoms with van der Waals surface area (Å²) in [5, 5.41) is 70.0. The molecule has 0 saturated carbocycles. The smallest absolute Gasteiger partial charge is 0.157 e. The van der Waals surface area contributed by atoms with E-state index in [-0.39, 0.29) is 40.2 Å². The van der Waals surface area contributed by atoms with E-state index in [1.807, 2.05) is 0 Å². The lowest BCUT2D eigenvalue weighted by atomic mass is 9.82. The molecule has 8 heteroatoms. The Morgan fingerprint density at radius 2 is 1.19 bits per heavy atom. The van der Waals surface area contributed by atoms with Crippen molar-refractivity contribution in [2.24, 2.45) is 0 Å². The van der Waals surface area contributed by atoms with Crippen LogP contribution in [0.1, 0.15) is 39.8 Å². The second-order valence-electron chi connectivity index (χ2n) is 8.58. The number of ether oxygens (including phenoxy) is 1. The Labute approximate surface area is 205 Å². The Bertz CT molecular complexity index is 1490. The molecular weight excluding hydrogens is 464 g/mol. The van der Waals surface area contributed by atoms with Gasteiger partial charge >= 0.3 is 0 Å². The summed E-state index contributed by atoms with van der Waals surface area (Å²) in [4.78, 5) is 0. The third-order valence-corrected chi connectivity index (χ3v) is 6.09. The van der Waals surface area contributed by atoms with Gasteiger partial charge < -0.3 is 40.5 Å². The first kappa shape index (κ1) is 22.8. The maximum absolute atomic E-state index is 10.4. The van der Waals surface area contributed by atoms with Crippen molar-refractivity contribution in [3.63, 3.8) is 0 Å². The van der Waals surface area contributed by atoms with Gasteiger partial charge in [-0.3, -0.25) is 0 Å². The molecule has 4 aromatic rings. The molecule has 1 aliphatic rings. The number of phenols is 7. The van der Waals surface area contributed by atoms with Gasteiger partial charge in [-0.05, 0) is 64.7 Å². The molecule has 0 amide bonds. The topological polar surface area (TPSA) is 151 Å². The summed E-state index contributed by atoms with van der Waals surface area (Å²) in [5.41, 5.74) is 2.84. The molecule has 0 aliphatic carbocycles. The Hall–Kier alpha value is -4.98. The fourth-order valence-electron chi connectivity index (χ4n) is 4.50. The molecule has 0 bridgehead atoms. The largest absolute Gasteiger partial charge is 0.508 e. The maximum Gasteiger partial charge on any atom is 0.157 e. The molecule has 0 aromatic heterocycles. The fraction of sp³-hybridized carbons (Fsp3) is 0.0714. The molecule has 1 heterocycles. The van der Waals surface area contributed by atoms with Crippen LogP contribution in [-0.4, -0.2) is 35.7 Å². The second kappa shape index (κ2) is 8.66. The lowest BCUT2D eigenvalue weighted by Gasteiger charge is -2.21. The third kappa shape index (κ3) is 4.16. The van der Waals surface area contributed by atoms with Crippen molar-refractivity contribution < 1.29 is 40.5 Å². The van der Waals surface area contributed by atoms with Crippen LogP contribution in [0.2, 0.25) is 0 Å². The van der Waals surface area contributed by atoms with Crippen LogP contribution in [0.4, 0.5) is 0 Å². The van der Waals surface area contributed by atoms with Crippen LogP contribution >= 0.6 is 0 Å². The highest BCUT2D eigenvalue weighted by molar-refractivity contribution is 5.76. The number of phenolic OH excluding ortho intramolecular Hbond substituents is 7. The number of benzene rings is 4. The van der Waals surface area contributed by atoms with Gasteiger partial charge in [0.15, 0.2) is 23.0 Å². The highest BCUT2D eigenvalue weighted by Crippen LogP contribution is 2.53. The van der Waals surface area contributed by atoms with E-state index >= 15 is 0 Å². The van der Waals surface area contributed by atoms with Gasteiger partial charge in [0.05, 0.1) is 5.92 Å². The zero-order valence-corrected chi connectivity index (χ0v) is 18.7. The minimum atomic E-state index is -0.737. The lowest BCUT2D eigenvalue weighted by Crippen LogP contribution is -2.12. The average Bonchev–Trinajstić information content (AvgIpc) is 3.20. The van der Waals surface area contributed by atoms with E-state index < -0.39 is 12.0 Å². The van der Waals surface area contributed by atoms with E-state index in [0.29, 0.717) is 33.6 Å². The molecule has 8 nitrogen and oxygen atoms in total. The Balaban J connectivity index is 1.68. The lowest BCUT2D eigenvalue weighted by molar-refractivity contribution is 0.221. The van der Waals surface area contributed by atoms with Gasteiger partial charge in [-0.15, -0.1) is 0 Å². The van der Waals surface area contributed by atoms with Crippen LogP contribution in [0, 0.1) is 0 Å². The summed E-state index contributed by atoms with van der Waals surface area (Å²) in [7, 11) is 0. The summed E-state index contributed by atoms with van der Waals surface area (Å²) in [6.07, 6.45) is 2.66. The average molecular weight is 486 g/mol. The van der Waals surface area contributed by atoms with Crippen LogP contribution in [0.15, 0.2) is 66.7 Å². The first-order chi connectivity index (χ1) is 17.2. The molecule has 0 saturated heterocycles. The monoisotopic (exact) mass is 486 g/mol. The minimum absolute atomic E-state index is 0.0614. The minimum Gasteiger partial charge on any atom is -0.508 e. The second-order valence-corrected chi connectivity index (χ2v) is 8.58. The van der Waals surface area contributed by atoms with E-state index in [1.54, 1.807) is 24.3 Å². The molecule has 5 rings (SSSR count).